The minimum atomic E-state index is -0.800. The highest BCUT2D eigenvalue weighted by Crippen LogP contribution is 2.42. The zero-order chi connectivity index (χ0) is 46.6. The van der Waals surface area contributed by atoms with Crippen molar-refractivity contribution < 1.29 is 52.3 Å². The van der Waals surface area contributed by atoms with E-state index in [1.165, 1.54) is 89.9 Å². The van der Waals surface area contributed by atoms with E-state index in [2.05, 4.69) is 20.8 Å². The zero-order valence-corrected chi connectivity index (χ0v) is 42.2. The maximum absolute atomic E-state index is 12.9. The highest BCUT2D eigenvalue weighted by molar-refractivity contribution is 5.71. The summed E-state index contributed by atoms with van der Waals surface area (Å²) in [6.45, 7) is 6.48. The van der Waals surface area contributed by atoms with Gasteiger partial charge in [0.05, 0.1) is 61.0 Å². The number of esters is 3. The average Bonchev–Trinajstić information content (AvgIpc) is 4.04. The molecule has 0 spiro atoms. The number of hydrogen-bond donors (Lipinski definition) is 0. The summed E-state index contributed by atoms with van der Waals surface area (Å²) in [5, 5.41) is 0. The second kappa shape index (κ2) is 32.9. The summed E-state index contributed by atoms with van der Waals surface area (Å²) >= 11 is 0. The van der Waals surface area contributed by atoms with Crippen LogP contribution >= 0.6 is 0 Å². The molecular weight excluding hydrogens is 837 g/mol. The smallest absolute Gasteiger partial charge is 0.306 e. The Hall–Kier alpha value is -1.79. The van der Waals surface area contributed by atoms with Crippen molar-refractivity contribution in [2.75, 3.05) is 13.2 Å². The molecule has 11 unspecified atom stereocenters. The van der Waals surface area contributed by atoms with Gasteiger partial charge in [0, 0.05) is 38.5 Å². The van der Waals surface area contributed by atoms with Gasteiger partial charge in [0.2, 0.25) is 0 Å². The summed E-state index contributed by atoms with van der Waals surface area (Å²) in [7, 11) is 0. The van der Waals surface area contributed by atoms with Crippen LogP contribution in [0.2, 0.25) is 0 Å². The molecular formula is C55H96O11. The molecule has 5 aliphatic heterocycles. The first kappa shape index (κ1) is 55.1. The largest absolute Gasteiger partial charge is 0.462 e. The molecule has 0 aliphatic carbocycles. The molecule has 5 aliphatic rings. The van der Waals surface area contributed by atoms with Crippen molar-refractivity contribution in [1.29, 1.82) is 0 Å². The third kappa shape index (κ3) is 25.2. The first-order valence-corrected chi connectivity index (χ1v) is 28.1. The fraction of sp³-hybridized carbons (Fsp3) is 0.945. The monoisotopic (exact) mass is 933 g/mol. The van der Waals surface area contributed by atoms with E-state index in [1.54, 1.807) is 0 Å². The van der Waals surface area contributed by atoms with Crippen molar-refractivity contribution in [3.05, 3.63) is 0 Å². The fourth-order valence-electron chi connectivity index (χ4n) is 10.00. The van der Waals surface area contributed by atoms with Gasteiger partial charge in [-0.1, -0.05) is 168 Å². The second-order valence-electron chi connectivity index (χ2n) is 20.8. The van der Waals surface area contributed by atoms with Crippen molar-refractivity contribution in [3.63, 3.8) is 0 Å². The van der Waals surface area contributed by atoms with Crippen LogP contribution in [0.4, 0.5) is 0 Å². The van der Waals surface area contributed by atoms with Crippen molar-refractivity contribution in [1.82, 2.24) is 0 Å². The maximum atomic E-state index is 12.9. The Bertz CT molecular complexity index is 1310. The third-order valence-corrected chi connectivity index (χ3v) is 14.7. The summed E-state index contributed by atoms with van der Waals surface area (Å²) in [5.74, 6) is -0.936. The topological polar surface area (TPSA) is 142 Å². The molecule has 0 aromatic carbocycles. The highest BCUT2D eigenvalue weighted by atomic mass is 16.6. The summed E-state index contributed by atoms with van der Waals surface area (Å²) in [5.41, 5.74) is 0. The standard InChI is InChI=1S/C55H96O11/c1-4-7-9-10-11-12-13-14-15-16-17-22-30-36-55(58)61-42(40-59-53(56)34-28-23-18-20-26-32-45-49(64-45)38-48-44(63-48)31-25-8-5-2)41-60-54(57)35-29-24-19-21-27-33-46-50(65-46)39-52-51(66-52)37-47-43(6-3)62-47/h42-52H,4-41H2,1-3H3. The molecule has 0 radical (unpaired) electrons. The Morgan fingerprint density at radius 2 is 0.636 bits per heavy atom. The van der Waals surface area contributed by atoms with Crippen LogP contribution in [0.15, 0.2) is 0 Å². The molecule has 0 N–H and O–H groups in total. The molecule has 0 saturated carbocycles. The Morgan fingerprint density at radius 1 is 0.348 bits per heavy atom. The number of ether oxygens (including phenoxy) is 8. The molecule has 0 amide bonds. The fourth-order valence-corrected chi connectivity index (χ4v) is 10.00. The number of rotatable bonds is 46. The van der Waals surface area contributed by atoms with Crippen LogP contribution in [-0.2, 0) is 52.3 Å². The lowest BCUT2D eigenvalue weighted by Gasteiger charge is -2.18. The van der Waals surface area contributed by atoms with E-state index in [-0.39, 0.29) is 31.1 Å². The molecule has 5 saturated heterocycles. The number of epoxide rings is 5. The highest BCUT2D eigenvalue weighted by Gasteiger charge is 2.51. The lowest BCUT2D eigenvalue weighted by molar-refractivity contribution is -0.167. The minimum absolute atomic E-state index is 0.0982. The van der Waals surface area contributed by atoms with Gasteiger partial charge in [-0.2, -0.15) is 0 Å². The maximum Gasteiger partial charge on any atom is 0.306 e. The zero-order valence-electron chi connectivity index (χ0n) is 42.2. The first-order chi connectivity index (χ1) is 32.4. The van der Waals surface area contributed by atoms with Crippen LogP contribution in [-0.4, -0.2) is 98.3 Å². The number of carbonyl (C=O) groups excluding carboxylic acids is 3. The summed E-state index contributed by atoms with van der Waals surface area (Å²) in [6, 6.07) is 0. The van der Waals surface area contributed by atoms with E-state index in [4.69, 9.17) is 37.9 Å². The Labute approximate surface area is 401 Å². The van der Waals surface area contributed by atoms with Crippen molar-refractivity contribution >= 4 is 17.9 Å². The van der Waals surface area contributed by atoms with Gasteiger partial charge in [-0.05, 0) is 44.9 Å². The predicted octanol–water partition coefficient (Wildman–Crippen LogP) is 12.9. The third-order valence-electron chi connectivity index (χ3n) is 14.7. The van der Waals surface area contributed by atoms with Gasteiger partial charge >= 0.3 is 17.9 Å². The van der Waals surface area contributed by atoms with Gasteiger partial charge < -0.3 is 37.9 Å². The molecule has 66 heavy (non-hydrogen) atoms. The lowest BCUT2D eigenvalue weighted by atomic mass is 10.0. The van der Waals surface area contributed by atoms with Gasteiger partial charge in [0.25, 0.3) is 0 Å². The van der Waals surface area contributed by atoms with E-state index in [9.17, 15) is 14.4 Å². The number of unbranched alkanes of at least 4 members (excludes halogenated alkanes) is 22. The molecule has 5 rings (SSSR count). The molecule has 0 bridgehead atoms. The quantitative estimate of drug-likeness (QED) is 0.0249. The van der Waals surface area contributed by atoms with E-state index >= 15 is 0 Å². The van der Waals surface area contributed by atoms with E-state index in [0.29, 0.717) is 80.3 Å². The predicted molar refractivity (Wildman–Crippen MR) is 258 cm³/mol. The molecule has 0 aromatic heterocycles. The second-order valence-corrected chi connectivity index (χ2v) is 20.8. The van der Waals surface area contributed by atoms with Crippen LogP contribution in [0, 0.1) is 0 Å². The van der Waals surface area contributed by atoms with Gasteiger partial charge in [-0.3, -0.25) is 14.4 Å². The van der Waals surface area contributed by atoms with Crippen molar-refractivity contribution in [3.8, 4) is 0 Å². The van der Waals surface area contributed by atoms with Crippen LogP contribution < -0.4 is 0 Å². The SMILES string of the molecule is CCCCCCCCCCCCCCCC(=O)OC(COC(=O)CCCCCCCC1OC1CC1OC1CCCCC)COC(=O)CCCCCCCC1OC1CC1OC1CC1OC1CC. The average molecular weight is 933 g/mol. The van der Waals surface area contributed by atoms with Gasteiger partial charge in [-0.15, -0.1) is 0 Å². The summed E-state index contributed by atoms with van der Waals surface area (Å²) < 4.78 is 46.1. The Kier molecular flexibility index (Phi) is 27.5. The Morgan fingerprint density at radius 3 is 1.03 bits per heavy atom. The summed E-state index contributed by atoms with van der Waals surface area (Å²) in [4.78, 5) is 38.3. The van der Waals surface area contributed by atoms with E-state index in [1.807, 2.05) is 0 Å². The van der Waals surface area contributed by atoms with Crippen LogP contribution in [0.5, 0.6) is 0 Å². The van der Waals surface area contributed by atoms with Gasteiger partial charge in [0.1, 0.15) is 13.2 Å². The lowest BCUT2D eigenvalue weighted by Crippen LogP contribution is -2.30. The number of carbonyl (C=O) groups is 3. The molecule has 11 nitrogen and oxygen atoms in total. The van der Waals surface area contributed by atoms with Crippen LogP contribution in [0.25, 0.3) is 0 Å². The normalized spacial score (nSPS) is 27.3. The minimum Gasteiger partial charge on any atom is -0.462 e. The molecule has 5 heterocycles. The van der Waals surface area contributed by atoms with Gasteiger partial charge in [-0.25, -0.2) is 0 Å². The molecule has 11 atom stereocenters. The molecule has 5 fully saturated rings. The van der Waals surface area contributed by atoms with Crippen LogP contribution in [0.3, 0.4) is 0 Å². The first-order valence-electron chi connectivity index (χ1n) is 28.1. The number of hydrogen-bond acceptors (Lipinski definition) is 11. The van der Waals surface area contributed by atoms with Crippen LogP contribution in [0.1, 0.15) is 252 Å². The molecule has 382 valence electrons. The van der Waals surface area contributed by atoms with E-state index < -0.39 is 6.10 Å². The van der Waals surface area contributed by atoms with E-state index in [0.717, 1.165) is 122 Å². The molecule has 11 heteroatoms. The Balaban J connectivity index is 0.859. The van der Waals surface area contributed by atoms with Crippen molar-refractivity contribution in [2.45, 2.75) is 319 Å². The summed E-state index contributed by atoms with van der Waals surface area (Å²) in [6.07, 6.45) is 41.8. The molecule has 0 aromatic rings. The van der Waals surface area contributed by atoms with Crippen molar-refractivity contribution in [2.24, 2.45) is 0 Å². The van der Waals surface area contributed by atoms with Gasteiger partial charge in [0.15, 0.2) is 6.10 Å².